The fraction of sp³-hybridized carbons (Fsp3) is 0.240. The summed E-state index contributed by atoms with van der Waals surface area (Å²) in [6.45, 7) is 5.15. The summed E-state index contributed by atoms with van der Waals surface area (Å²) in [5, 5.41) is 9.47. The molecule has 4 rings (SSSR count). The minimum atomic E-state index is -0.520. The zero-order valence-electron chi connectivity index (χ0n) is 17.8. The van der Waals surface area contributed by atoms with E-state index in [0.29, 0.717) is 48.6 Å². The zero-order chi connectivity index (χ0) is 22.7. The summed E-state index contributed by atoms with van der Waals surface area (Å²) < 4.78 is 1.95. The maximum atomic E-state index is 12.3. The second-order valence-electron chi connectivity index (χ2n) is 7.89. The third-order valence-corrected chi connectivity index (χ3v) is 5.78. The molecule has 2 amide bonds. The van der Waals surface area contributed by atoms with Crippen LogP contribution in [0, 0.1) is 18.3 Å². The summed E-state index contributed by atoms with van der Waals surface area (Å²) >= 11 is 0. The molecule has 32 heavy (non-hydrogen) atoms. The molecule has 161 valence electrons. The molecule has 1 saturated heterocycles. The molecule has 2 heterocycles. The summed E-state index contributed by atoms with van der Waals surface area (Å²) in [7, 11) is 0. The van der Waals surface area contributed by atoms with Crippen molar-refractivity contribution in [1.29, 1.82) is 5.26 Å². The Morgan fingerprint density at radius 3 is 2.81 bits per heavy atom. The van der Waals surface area contributed by atoms with Gasteiger partial charge in [0.15, 0.2) is 0 Å². The Hall–Kier alpha value is -3.92. The Bertz CT molecular complexity index is 1220. The maximum absolute atomic E-state index is 12.3. The third-order valence-electron chi connectivity index (χ3n) is 5.78. The van der Waals surface area contributed by atoms with Crippen molar-refractivity contribution in [3.8, 4) is 17.5 Å². The molecule has 0 saturated carbocycles. The normalized spacial score (nSPS) is 13.8. The highest BCUT2D eigenvalue weighted by atomic mass is 16.2. The van der Waals surface area contributed by atoms with Crippen LogP contribution in [0.1, 0.15) is 46.3 Å². The number of aryl methyl sites for hydroxylation is 2. The van der Waals surface area contributed by atoms with Crippen LogP contribution in [0.3, 0.4) is 0 Å². The summed E-state index contributed by atoms with van der Waals surface area (Å²) in [5.41, 5.74) is 9.64. The predicted molar refractivity (Wildman–Crippen MR) is 122 cm³/mol. The van der Waals surface area contributed by atoms with E-state index in [0.717, 1.165) is 29.5 Å². The number of hydrogen-bond donors (Lipinski definition) is 1. The summed E-state index contributed by atoms with van der Waals surface area (Å²) in [4.78, 5) is 30.6. The second-order valence-corrected chi connectivity index (χ2v) is 7.89. The van der Waals surface area contributed by atoms with Gasteiger partial charge in [-0.3, -0.25) is 9.59 Å². The predicted octanol–water partition coefficient (Wildman–Crippen LogP) is 3.46. The lowest BCUT2D eigenvalue weighted by Gasteiger charge is -2.27. The molecular weight excluding hydrogens is 402 g/mol. The van der Waals surface area contributed by atoms with Gasteiger partial charge in [-0.25, -0.2) is 4.98 Å². The van der Waals surface area contributed by atoms with Gasteiger partial charge in [0.05, 0.1) is 11.6 Å². The minimum absolute atomic E-state index is 0.0726. The molecule has 2 aromatic carbocycles. The Balaban J connectivity index is 1.60. The quantitative estimate of drug-likeness (QED) is 0.651. The lowest BCUT2D eigenvalue weighted by atomic mass is 10.0. The first kappa shape index (κ1) is 21.3. The fourth-order valence-corrected chi connectivity index (χ4v) is 4.11. The molecule has 7 nitrogen and oxygen atoms in total. The van der Waals surface area contributed by atoms with Crippen molar-refractivity contribution in [2.75, 3.05) is 11.4 Å². The molecule has 1 aliphatic rings. The zero-order valence-corrected chi connectivity index (χ0v) is 17.8. The SMILES string of the molecule is [CH2]c1ccc(C#N)c(-c2nccn2CCc2ccc(N3CCCCC3=O)cc2C(N)=O)c1. The van der Waals surface area contributed by atoms with E-state index in [-0.39, 0.29) is 5.91 Å². The van der Waals surface area contributed by atoms with E-state index in [1.54, 1.807) is 29.3 Å². The largest absolute Gasteiger partial charge is 0.366 e. The van der Waals surface area contributed by atoms with Gasteiger partial charge in [-0.05, 0) is 61.6 Å². The molecule has 0 spiro atoms. The van der Waals surface area contributed by atoms with Crippen molar-refractivity contribution in [2.45, 2.75) is 32.2 Å². The van der Waals surface area contributed by atoms with Gasteiger partial charge in [-0.15, -0.1) is 0 Å². The molecule has 3 aromatic rings. The number of anilines is 1. The smallest absolute Gasteiger partial charge is 0.249 e. The molecule has 1 fully saturated rings. The first-order valence-corrected chi connectivity index (χ1v) is 10.6. The van der Waals surface area contributed by atoms with E-state index in [2.05, 4.69) is 18.0 Å². The van der Waals surface area contributed by atoms with Gasteiger partial charge in [0.2, 0.25) is 11.8 Å². The van der Waals surface area contributed by atoms with Crippen LogP contribution in [0.25, 0.3) is 11.4 Å². The van der Waals surface area contributed by atoms with Crippen LogP contribution < -0.4 is 10.6 Å². The molecule has 0 bridgehead atoms. The van der Waals surface area contributed by atoms with Gasteiger partial charge >= 0.3 is 0 Å². The van der Waals surface area contributed by atoms with E-state index in [1.165, 1.54) is 0 Å². The van der Waals surface area contributed by atoms with Crippen molar-refractivity contribution in [3.05, 3.63) is 78.0 Å². The van der Waals surface area contributed by atoms with Gasteiger partial charge in [0, 0.05) is 48.7 Å². The number of primary amides is 1. The number of carbonyl (C=O) groups excluding carboxylic acids is 2. The molecule has 0 atom stereocenters. The number of hydrogen-bond acceptors (Lipinski definition) is 4. The average molecular weight is 427 g/mol. The van der Waals surface area contributed by atoms with Gasteiger partial charge in [-0.2, -0.15) is 5.26 Å². The van der Waals surface area contributed by atoms with Crippen molar-refractivity contribution >= 4 is 17.5 Å². The Labute approximate surface area is 187 Å². The van der Waals surface area contributed by atoms with Crippen LogP contribution in [0.15, 0.2) is 48.8 Å². The molecule has 1 aliphatic heterocycles. The summed E-state index contributed by atoms with van der Waals surface area (Å²) in [6, 6.07) is 13.0. The van der Waals surface area contributed by atoms with Gasteiger partial charge in [0.25, 0.3) is 0 Å². The number of imidazole rings is 1. The number of amides is 2. The number of piperidine rings is 1. The monoisotopic (exact) mass is 426 g/mol. The first-order chi connectivity index (χ1) is 15.5. The number of nitrogens with two attached hydrogens (primary N) is 1. The second kappa shape index (κ2) is 9.06. The van der Waals surface area contributed by atoms with Crippen LogP contribution in [0.5, 0.6) is 0 Å². The van der Waals surface area contributed by atoms with Crippen LogP contribution in [-0.4, -0.2) is 27.9 Å². The highest BCUT2D eigenvalue weighted by molar-refractivity contribution is 5.98. The molecular formula is C25H24N5O2. The van der Waals surface area contributed by atoms with Crippen LogP contribution >= 0.6 is 0 Å². The van der Waals surface area contributed by atoms with E-state index in [4.69, 9.17) is 5.73 Å². The molecule has 0 unspecified atom stereocenters. The summed E-state index contributed by atoms with van der Waals surface area (Å²) in [6.07, 6.45) is 6.44. The standard InChI is InChI=1S/C25H24N5O2/c1-17-5-6-19(16-26)22(14-17)25-28-10-13-29(25)12-9-18-7-8-20(15-21(18)24(27)32)30-11-3-2-4-23(30)31/h5-8,10,13-15H,1-4,9,11-12H2,(H2,27,32). The highest BCUT2D eigenvalue weighted by Crippen LogP contribution is 2.26. The van der Waals surface area contributed by atoms with Crippen LogP contribution in [0.4, 0.5) is 5.69 Å². The number of nitriles is 1. The van der Waals surface area contributed by atoms with Crippen LogP contribution in [0.2, 0.25) is 0 Å². The van der Waals surface area contributed by atoms with Gasteiger partial charge < -0.3 is 15.2 Å². The van der Waals surface area contributed by atoms with Crippen LogP contribution in [-0.2, 0) is 17.8 Å². The number of aromatic nitrogens is 2. The van der Waals surface area contributed by atoms with Crippen molar-refractivity contribution in [1.82, 2.24) is 9.55 Å². The Morgan fingerprint density at radius 1 is 1.22 bits per heavy atom. The maximum Gasteiger partial charge on any atom is 0.249 e. The van der Waals surface area contributed by atoms with Gasteiger partial charge in [-0.1, -0.05) is 12.1 Å². The van der Waals surface area contributed by atoms with E-state index in [9.17, 15) is 14.9 Å². The number of nitrogens with zero attached hydrogens (tertiary/aromatic N) is 4. The van der Waals surface area contributed by atoms with Crippen molar-refractivity contribution in [3.63, 3.8) is 0 Å². The Kier molecular flexibility index (Phi) is 6.04. The average Bonchev–Trinajstić information content (AvgIpc) is 3.26. The number of carbonyl (C=O) groups is 2. The third kappa shape index (κ3) is 4.26. The summed E-state index contributed by atoms with van der Waals surface area (Å²) in [5.74, 6) is 0.223. The molecule has 1 aromatic heterocycles. The molecule has 0 aliphatic carbocycles. The molecule has 2 N–H and O–H groups in total. The van der Waals surface area contributed by atoms with E-state index < -0.39 is 5.91 Å². The van der Waals surface area contributed by atoms with E-state index >= 15 is 0 Å². The lowest BCUT2D eigenvalue weighted by Crippen LogP contribution is -2.35. The van der Waals surface area contributed by atoms with Crippen molar-refractivity contribution < 1.29 is 9.59 Å². The first-order valence-electron chi connectivity index (χ1n) is 10.6. The molecule has 7 heteroatoms. The minimum Gasteiger partial charge on any atom is -0.366 e. The topological polar surface area (TPSA) is 105 Å². The van der Waals surface area contributed by atoms with E-state index in [1.807, 2.05) is 29.0 Å². The number of benzene rings is 2. The number of rotatable bonds is 6. The fourth-order valence-electron chi connectivity index (χ4n) is 4.11. The molecule has 1 radical (unpaired) electrons. The highest BCUT2D eigenvalue weighted by Gasteiger charge is 2.21. The van der Waals surface area contributed by atoms with Crippen molar-refractivity contribution in [2.24, 2.45) is 5.73 Å². The lowest BCUT2D eigenvalue weighted by molar-refractivity contribution is -0.119. The Morgan fingerprint density at radius 2 is 2.06 bits per heavy atom. The van der Waals surface area contributed by atoms with Gasteiger partial charge in [0.1, 0.15) is 5.82 Å².